The van der Waals surface area contributed by atoms with Crippen molar-refractivity contribution in [2.75, 3.05) is 7.11 Å². The fourth-order valence-electron chi connectivity index (χ4n) is 1.60. The maximum absolute atomic E-state index is 9.66. The van der Waals surface area contributed by atoms with Gasteiger partial charge in [0.2, 0.25) is 0 Å². The first kappa shape index (κ1) is 8.90. The molecule has 0 aliphatic carbocycles. The number of nitrogens with one attached hydrogen (secondary N) is 1. The Kier molecular flexibility index (Phi) is 2.05. The molecule has 0 fully saturated rings. The van der Waals surface area contributed by atoms with E-state index in [4.69, 9.17) is 10.5 Å². The molecular weight excluding hydrogens is 180 g/mol. The van der Waals surface area contributed by atoms with Gasteiger partial charge < -0.3 is 20.6 Å². The van der Waals surface area contributed by atoms with Crippen molar-refractivity contribution >= 4 is 10.9 Å². The minimum absolute atomic E-state index is 0.225. The van der Waals surface area contributed by atoms with Gasteiger partial charge in [-0.2, -0.15) is 0 Å². The predicted molar refractivity (Wildman–Crippen MR) is 54.4 cm³/mol. The number of hydrogen-bond acceptors (Lipinski definition) is 3. The minimum atomic E-state index is 0.225. The number of aromatic amines is 1. The molecule has 4 heteroatoms. The average molecular weight is 192 g/mol. The largest absolute Gasteiger partial charge is 0.507 e. The third kappa shape index (κ3) is 1.12. The van der Waals surface area contributed by atoms with Crippen molar-refractivity contribution in [3.63, 3.8) is 0 Å². The van der Waals surface area contributed by atoms with Crippen LogP contribution in [0.2, 0.25) is 0 Å². The van der Waals surface area contributed by atoms with Crippen LogP contribution < -0.4 is 10.5 Å². The van der Waals surface area contributed by atoms with E-state index in [1.807, 2.05) is 0 Å². The van der Waals surface area contributed by atoms with Crippen LogP contribution in [0.15, 0.2) is 18.3 Å². The molecule has 0 saturated heterocycles. The van der Waals surface area contributed by atoms with Crippen LogP contribution in [0.25, 0.3) is 10.9 Å². The Morgan fingerprint density at radius 2 is 2.29 bits per heavy atom. The molecule has 1 aromatic carbocycles. The van der Waals surface area contributed by atoms with E-state index in [9.17, 15) is 5.11 Å². The van der Waals surface area contributed by atoms with Gasteiger partial charge in [-0.3, -0.25) is 0 Å². The molecule has 0 saturated carbocycles. The zero-order chi connectivity index (χ0) is 10.1. The summed E-state index contributed by atoms with van der Waals surface area (Å²) in [4.78, 5) is 3.03. The molecule has 0 amide bonds. The lowest BCUT2D eigenvalue weighted by Gasteiger charge is -2.03. The number of ether oxygens (including phenoxy) is 1. The number of aromatic hydroxyl groups is 1. The van der Waals surface area contributed by atoms with Crippen LogP contribution >= 0.6 is 0 Å². The zero-order valence-electron chi connectivity index (χ0n) is 7.87. The Balaban J connectivity index is 2.80. The molecule has 2 aromatic rings. The third-order valence-electron chi connectivity index (χ3n) is 2.30. The van der Waals surface area contributed by atoms with Gasteiger partial charge >= 0.3 is 0 Å². The second kappa shape index (κ2) is 3.23. The van der Waals surface area contributed by atoms with Gasteiger partial charge in [0.25, 0.3) is 0 Å². The van der Waals surface area contributed by atoms with Crippen molar-refractivity contribution in [3.05, 3.63) is 23.9 Å². The summed E-state index contributed by atoms with van der Waals surface area (Å²) in [5, 5.41) is 10.4. The summed E-state index contributed by atoms with van der Waals surface area (Å²) >= 11 is 0. The summed E-state index contributed by atoms with van der Waals surface area (Å²) in [5.41, 5.74) is 7.22. The van der Waals surface area contributed by atoms with Crippen molar-refractivity contribution in [2.45, 2.75) is 6.54 Å². The first-order valence-electron chi connectivity index (χ1n) is 4.34. The van der Waals surface area contributed by atoms with E-state index < -0.39 is 0 Å². The molecule has 1 heterocycles. The Bertz CT molecular complexity index is 462. The number of benzene rings is 1. The van der Waals surface area contributed by atoms with E-state index in [-0.39, 0.29) is 5.75 Å². The van der Waals surface area contributed by atoms with Gasteiger partial charge in [-0.15, -0.1) is 0 Å². The van der Waals surface area contributed by atoms with E-state index in [2.05, 4.69) is 4.98 Å². The fraction of sp³-hybridized carbons (Fsp3) is 0.200. The number of phenols is 1. The van der Waals surface area contributed by atoms with Crippen molar-refractivity contribution in [1.29, 1.82) is 0 Å². The number of nitrogens with two attached hydrogens (primary N) is 1. The average Bonchev–Trinajstić information content (AvgIpc) is 2.63. The van der Waals surface area contributed by atoms with Crippen LogP contribution in [0.5, 0.6) is 11.5 Å². The van der Waals surface area contributed by atoms with E-state index in [1.165, 1.54) is 0 Å². The van der Waals surface area contributed by atoms with E-state index >= 15 is 0 Å². The highest BCUT2D eigenvalue weighted by atomic mass is 16.5. The maximum Gasteiger partial charge on any atom is 0.143 e. The highest BCUT2D eigenvalue weighted by Crippen LogP contribution is 2.33. The standard InChI is InChI=1S/C10H12N2O2/c1-14-8-3-2-7(13)9-6(4-11)5-12-10(8)9/h2-3,5,12-13H,4,11H2,1H3. The lowest BCUT2D eigenvalue weighted by atomic mass is 10.1. The van der Waals surface area contributed by atoms with Crippen molar-refractivity contribution in [1.82, 2.24) is 4.98 Å². The molecular formula is C10H12N2O2. The number of H-pyrrole nitrogens is 1. The zero-order valence-corrected chi connectivity index (χ0v) is 7.87. The van der Waals surface area contributed by atoms with Gasteiger partial charge in [-0.05, 0) is 17.7 Å². The summed E-state index contributed by atoms with van der Waals surface area (Å²) in [6, 6.07) is 3.32. The summed E-state index contributed by atoms with van der Waals surface area (Å²) < 4.78 is 5.16. The molecule has 0 bridgehead atoms. The SMILES string of the molecule is COc1ccc(O)c2c(CN)c[nH]c12. The van der Waals surface area contributed by atoms with Gasteiger partial charge in [0.15, 0.2) is 0 Å². The Morgan fingerprint density at radius 1 is 1.50 bits per heavy atom. The van der Waals surface area contributed by atoms with Crippen LogP contribution in [0.3, 0.4) is 0 Å². The highest BCUT2D eigenvalue weighted by molar-refractivity contribution is 5.93. The molecule has 4 N–H and O–H groups in total. The van der Waals surface area contributed by atoms with Crippen LogP contribution in [0, 0.1) is 0 Å². The summed E-state index contributed by atoms with van der Waals surface area (Å²) in [6.07, 6.45) is 1.78. The number of hydrogen-bond donors (Lipinski definition) is 3. The normalized spacial score (nSPS) is 10.7. The van der Waals surface area contributed by atoms with E-state index in [0.717, 1.165) is 16.5 Å². The number of fused-ring (bicyclic) bond motifs is 1. The molecule has 0 radical (unpaired) electrons. The molecule has 2 rings (SSSR count). The van der Waals surface area contributed by atoms with Crippen LogP contribution in [0.1, 0.15) is 5.56 Å². The van der Waals surface area contributed by atoms with Gasteiger partial charge in [-0.1, -0.05) is 0 Å². The number of rotatable bonds is 2. The maximum atomic E-state index is 9.66. The van der Waals surface area contributed by atoms with E-state index in [1.54, 1.807) is 25.4 Å². The van der Waals surface area contributed by atoms with Crippen molar-refractivity contribution < 1.29 is 9.84 Å². The number of phenolic OH excluding ortho intramolecular Hbond substituents is 1. The Hall–Kier alpha value is -1.68. The van der Waals surface area contributed by atoms with Gasteiger partial charge in [0.1, 0.15) is 11.5 Å². The molecule has 0 aliphatic rings. The van der Waals surface area contributed by atoms with Gasteiger partial charge in [0, 0.05) is 18.1 Å². The molecule has 0 aliphatic heterocycles. The summed E-state index contributed by atoms with van der Waals surface area (Å²) in [6.45, 7) is 0.390. The van der Waals surface area contributed by atoms with Gasteiger partial charge in [-0.25, -0.2) is 0 Å². The lowest BCUT2D eigenvalue weighted by molar-refractivity contribution is 0.417. The predicted octanol–water partition coefficient (Wildman–Crippen LogP) is 1.34. The number of methoxy groups -OCH3 is 1. The molecule has 4 nitrogen and oxygen atoms in total. The Labute approximate surface area is 81.3 Å². The third-order valence-corrected chi connectivity index (χ3v) is 2.30. The minimum Gasteiger partial charge on any atom is -0.507 e. The molecule has 74 valence electrons. The fourth-order valence-corrected chi connectivity index (χ4v) is 1.60. The number of aromatic nitrogens is 1. The van der Waals surface area contributed by atoms with E-state index in [0.29, 0.717) is 12.3 Å². The topological polar surface area (TPSA) is 71.3 Å². The van der Waals surface area contributed by atoms with Gasteiger partial charge in [0.05, 0.1) is 12.6 Å². The quantitative estimate of drug-likeness (QED) is 0.672. The smallest absolute Gasteiger partial charge is 0.143 e. The molecule has 0 unspecified atom stereocenters. The molecule has 0 atom stereocenters. The lowest BCUT2D eigenvalue weighted by Crippen LogP contribution is -1.94. The van der Waals surface area contributed by atoms with Crippen LogP contribution in [-0.2, 0) is 6.54 Å². The first-order chi connectivity index (χ1) is 6.77. The van der Waals surface area contributed by atoms with Crippen LogP contribution in [0.4, 0.5) is 0 Å². The highest BCUT2D eigenvalue weighted by Gasteiger charge is 2.10. The molecule has 0 spiro atoms. The second-order valence-electron chi connectivity index (χ2n) is 3.05. The van der Waals surface area contributed by atoms with Crippen LogP contribution in [-0.4, -0.2) is 17.2 Å². The summed E-state index contributed by atoms with van der Waals surface area (Å²) in [5.74, 6) is 0.931. The van der Waals surface area contributed by atoms with Crippen molar-refractivity contribution in [2.24, 2.45) is 5.73 Å². The summed E-state index contributed by atoms with van der Waals surface area (Å²) in [7, 11) is 1.59. The molecule has 1 aromatic heterocycles. The first-order valence-corrected chi connectivity index (χ1v) is 4.34. The molecule has 14 heavy (non-hydrogen) atoms. The Morgan fingerprint density at radius 3 is 2.93 bits per heavy atom. The second-order valence-corrected chi connectivity index (χ2v) is 3.05. The monoisotopic (exact) mass is 192 g/mol. The van der Waals surface area contributed by atoms with Crippen molar-refractivity contribution in [3.8, 4) is 11.5 Å².